The van der Waals surface area contributed by atoms with Crippen LogP contribution in [0.3, 0.4) is 0 Å². The summed E-state index contributed by atoms with van der Waals surface area (Å²) in [6.45, 7) is 0. The Kier molecular flexibility index (Phi) is 3.59. The fourth-order valence-corrected chi connectivity index (χ4v) is 2.83. The number of hydrogen-bond acceptors (Lipinski definition) is 3. The van der Waals surface area contributed by atoms with Gasteiger partial charge in [0.2, 0.25) is 0 Å². The second-order valence-corrected chi connectivity index (χ2v) is 5.75. The average Bonchev–Trinajstić information content (AvgIpc) is 3.01. The van der Waals surface area contributed by atoms with Crippen LogP contribution in [0.15, 0.2) is 73.1 Å². The van der Waals surface area contributed by atoms with Crippen LogP contribution in [0.5, 0.6) is 0 Å². The van der Waals surface area contributed by atoms with Crippen LogP contribution in [0.4, 0.5) is 0 Å². The summed E-state index contributed by atoms with van der Waals surface area (Å²) in [5, 5.41) is 0.586. The average molecular weight is 334 g/mol. The molecule has 0 spiro atoms. The normalized spacial score (nSPS) is 10.9. The van der Waals surface area contributed by atoms with Gasteiger partial charge in [0.25, 0.3) is 5.91 Å². The second-order valence-electron chi connectivity index (χ2n) is 5.31. The fraction of sp³-hybridized carbons (Fsp3) is 0. The molecule has 0 aliphatic carbocycles. The molecule has 0 amide bonds. The zero-order valence-corrected chi connectivity index (χ0v) is 13.3. The first kappa shape index (κ1) is 14.6. The standard InChI is InChI=1S/C19H12ClN3O/c20-15-6-7-17-16(12-15)22-18(13-4-2-1-3-5-13)23(17)19(24)14-8-10-21-11-9-14/h1-12H. The molecule has 0 atom stereocenters. The molecule has 0 aliphatic heterocycles. The third-order valence-corrected chi connectivity index (χ3v) is 4.01. The van der Waals surface area contributed by atoms with E-state index in [0.717, 1.165) is 11.1 Å². The molecule has 24 heavy (non-hydrogen) atoms. The van der Waals surface area contributed by atoms with E-state index in [0.29, 0.717) is 21.9 Å². The number of carbonyl (C=O) groups is 1. The Balaban J connectivity index is 2.00. The van der Waals surface area contributed by atoms with Gasteiger partial charge in [-0.05, 0) is 30.3 Å². The van der Waals surface area contributed by atoms with Crippen LogP contribution in [0.2, 0.25) is 5.02 Å². The molecule has 4 aromatic rings. The minimum atomic E-state index is -0.152. The highest BCUT2D eigenvalue weighted by Crippen LogP contribution is 2.27. The zero-order chi connectivity index (χ0) is 16.5. The van der Waals surface area contributed by atoms with Crippen LogP contribution in [-0.2, 0) is 0 Å². The molecule has 4 rings (SSSR count). The van der Waals surface area contributed by atoms with Gasteiger partial charge in [-0.3, -0.25) is 14.3 Å². The minimum absolute atomic E-state index is 0.152. The van der Waals surface area contributed by atoms with Crippen LogP contribution in [0, 0.1) is 0 Å². The summed E-state index contributed by atoms with van der Waals surface area (Å²) >= 11 is 6.08. The first-order chi connectivity index (χ1) is 11.7. The van der Waals surface area contributed by atoms with Crippen molar-refractivity contribution in [3.63, 3.8) is 0 Å². The third-order valence-electron chi connectivity index (χ3n) is 3.78. The van der Waals surface area contributed by atoms with Crippen LogP contribution in [-0.4, -0.2) is 20.4 Å². The van der Waals surface area contributed by atoms with Crippen LogP contribution in [0.1, 0.15) is 10.4 Å². The molecule has 0 fully saturated rings. The quantitative estimate of drug-likeness (QED) is 0.545. The van der Waals surface area contributed by atoms with Crippen molar-refractivity contribution in [3.8, 4) is 11.4 Å². The summed E-state index contributed by atoms with van der Waals surface area (Å²) in [6.07, 6.45) is 3.21. The lowest BCUT2D eigenvalue weighted by Crippen LogP contribution is -2.13. The van der Waals surface area contributed by atoms with Gasteiger partial charge in [0, 0.05) is 28.5 Å². The number of halogens is 1. The molecule has 0 aliphatic rings. The predicted octanol–water partition coefficient (Wildman–Crippen LogP) is 4.44. The predicted molar refractivity (Wildman–Crippen MR) is 94.1 cm³/mol. The molecule has 0 saturated heterocycles. The van der Waals surface area contributed by atoms with Gasteiger partial charge in [-0.25, -0.2) is 4.98 Å². The fourth-order valence-electron chi connectivity index (χ4n) is 2.66. The van der Waals surface area contributed by atoms with E-state index < -0.39 is 0 Å². The Morgan fingerprint density at radius 3 is 2.46 bits per heavy atom. The highest BCUT2D eigenvalue weighted by molar-refractivity contribution is 6.31. The Morgan fingerprint density at radius 1 is 0.958 bits per heavy atom. The van der Waals surface area contributed by atoms with E-state index in [1.54, 1.807) is 41.2 Å². The molecule has 2 aromatic carbocycles. The number of imidazole rings is 1. The zero-order valence-electron chi connectivity index (χ0n) is 12.6. The maximum absolute atomic E-state index is 13.1. The van der Waals surface area contributed by atoms with Gasteiger partial charge in [-0.2, -0.15) is 0 Å². The lowest BCUT2D eigenvalue weighted by molar-refractivity contribution is 0.0966. The number of carbonyl (C=O) groups excluding carboxylic acids is 1. The van der Waals surface area contributed by atoms with Gasteiger partial charge < -0.3 is 0 Å². The SMILES string of the molecule is O=C(c1ccncc1)n1c(-c2ccccc2)nc2cc(Cl)ccc21. The molecule has 0 radical (unpaired) electrons. The molecule has 0 N–H and O–H groups in total. The van der Waals surface area contributed by atoms with E-state index in [4.69, 9.17) is 11.6 Å². The van der Waals surface area contributed by atoms with Crippen molar-refractivity contribution in [2.24, 2.45) is 0 Å². The van der Waals surface area contributed by atoms with Gasteiger partial charge in [0.1, 0.15) is 5.82 Å². The molecular weight excluding hydrogens is 322 g/mol. The molecule has 2 aromatic heterocycles. The summed E-state index contributed by atoms with van der Waals surface area (Å²) in [4.78, 5) is 21.7. The molecule has 0 bridgehead atoms. The molecule has 0 unspecified atom stereocenters. The Labute approximate surface area is 143 Å². The summed E-state index contributed by atoms with van der Waals surface area (Å²) in [6, 6.07) is 18.4. The number of fused-ring (bicyclic) bond motifs is 1. The van der Waals surface area contributed by atoms with Crippen LogP contribution >= 0.6 is 11.6 Å². The topological polar surface area (TPSA) is 47.8 Å². The summed E-state index contributed by atoms with van der Waals surface area (Å²) in [5.41, 5.74) is 2.83. The van der Waals surface area contributed by atoms with E-state index >= 15 is 0 Å². The maximum atomic E-state index is 13.1. The number of benzene rings is 2. The Bertz CT molecular complexity index is 1030. The van der Waals surface area contributed by atoms with Crippen molar-refractivity contribution < 1.29 is 4.79 Å². The number of rotatable bonds is 2. The van der Waals surface area contributed by atoms with E-state index in [-0.39, 0.29) is 5.91 Å². The lowest BCUT2D eigenvalue weighted by Gasteiger charge is -2.08. The molecule has 2 heterocycles. The van der Waals surface area contributed by atoms with Crippen molar-refractivity contribution >= 4 is 28.5 Å². The number of hydrogen-bond donors (Lipinski definition) is 0. The number of pyridine rings is 1. The first-order valence-electron chi connectivity index (χ1n) is 7.42. The van der Waals surface area contributed by atoms with Gasteiger partial charge in [0.05, 0.1) is 11.0 Å². The van der Waals surface area contributed by atoms with Crippen molar-refractivity contribution in [1.82, 2.24) is 14.5 Å². The van der Waals surface area contributed by atoms with Crippen molar-refractivity contribution in [2.75, 3.05) is 0 Å². The van der Waals surface area contributed by atoms with Crippen LogP contribution in [0.25, 0.3) is 22.4 Å². The van der Waals surface area contributed by atoms with Gasteiger partial charge in [-0.1, -0.05) is 41.9 Å². The second kappa shape index (κ2) is 5.91. The molecule has 116 valence electrons. The monoisotopic (exact) mass is 333 g/mol. The lowest BCUT2D eigenvalue weighted by atomic mass is 10.2. The smallest absolute Gasteiger partial charge is 0.264 e. The summed E-state index contributed by atoms with van der Waals surface area (Å²) in [5.74, 6) is 0.441. The largest absolute Gasteiger partial charge is 0.268 e. The molecular formula is C19H12ClN3O. The van der Waals surface area contributed by atoms with Gasteiger partial charge >= 0.3 is 0 Å². The van der Waals surface area contributed by atoms with Gasteiger partial charge in [0.15, 0.2) is 0 Å². The van der Waals surface area contributed by atoms with E-state index in [1.165, 1.54) is 0 Å². The highest BCUT2D eigenvalue weighted by Gasteiger charge is 2.19. The van der Waals surface area contributed by atoms with E-state index in [2.05, 4.69) is 9.97 Å². The van der Waals surface area contributed by atoms with E-state index in [9.17, 15) is 4.79 Å². The van der Waals surface area contributed by atoms with E-state index in [1.807, 2.05) is 36.4 Å². The molecule has 5 heteroatoms. The van der Waals surface area contributed by atoms with Crippen molar-refractivity contribution in [2.45, 2.75) is 0 Å². The minimum Gasteiger partial charge on any atom is -0.268 e. The maximum Gasteiger partial charge on any atom is 0.264 e. The van der Waals surface area contributed by atoms with Crippen molar-refractivity contribution in [1.29, 1.82) is 0 Å². The van der Waals surface area contributed by atoms with Crippen LogP contribution < -0.4 is 0 Å². The van der Waals surface area contributed by atoms with Gasteiger partial charge in [-0.15, -0.1) is 0 Å². The summed E-state index contributed by atoms with van der Waals surface area (Å²) in [7, 11) is 0. The summed E-state index contributed by atoms with van der Waals surface area (Å²) < 4.78 is 1.62. The first-order valence-corrected chi connectivity index (χ1v) is 7.80. The highest BCUT2D eigenvalue weighted by atomic mass is 35.5. The molecule has 4 nitrogen and oxygen atoms in total. The number of nitrogens with zero attached hydrogens (tertiary/aromatic N) is 3. The third kappa shape index (κ3) is 2.47. The number of aromatic nitrogens is 3. The Morgan fingerprint density at radius 2 is 1.71 bits per heavy atom. The van der Waals surface area contributed by atoms with Crippen molar-refractivity contribution in [3.05, 3.63) is 83.6 Å². The molecule has 0 saturated carbocycles. The Hall–Kier alpha value is -2.98.